The highest BCUT2D eigenvalue weighted by molar-refractivity contribution is 7.90. The van der Waals surface area contributed by atoms with Crippen LogP contribution in [0.25, 0.3) is 0 Å². The van der Waals surface area contributed by atoms with E-state index in [2.05, 4.69) is 22.1 Å². The molecule has 0 radical (unpaired) electrons. The van der Waals surface area contributed by atoms with Crippen molar-refractivity contribution in [2.45, 2.75) is 39.0 Å². The number of nitrogens with zero attached hydrogens (tertiary/aromatic N) is 2. The lowest BCUT2D eigenvalue weighted by molar-refractivity contribution is 0.556. The minimum atomic E-state index is -3.30. The summed E-state index contributed by atoms with van der Waals surface area (Å²) in [5, 5.41) is 6.76. The molecule has 1 atom stereocenters. The zero-order valence-corrected chi connectivity index (χ0v) is 12.9. The van der Waals surface area contributed by atoms with Crippen LogP contribution >= 0.6 is 0 Å². The molecule has 7 heteroatoms. The van der Waals surface area contributed by atoms with Gasteiger partial charge in [-0.1, -0.05) is 6.92 Å². The molecule has 0 bridgehead atoms. The van der Waals surface area contributed by atoms with E-state index in [9.17, 15) is 8.42 Å². The fourth-order valence-corrected chi connectivity index (χ4v) is 2.61. The Morgan fingerprint density at radius 2 is 2.16 bits per heavy atom. The first-order valence-electron chi connectivity index (χ1n) is 6.55. The zero-order chi connectivity index (χ0) is 14.5. The summed E-state index contributed by atoms with van der Waals surface area (Å²) in [6, 6.07) is 0. The standard InChI is InChI=1S/C12H24N4O2S/c1-5-6-13-7-10(2)19(17,18)15-9-12-8-14-16(4)11(12)3/h8,10,13,15H,5-7,9H2,1-4H3. The van der Waals surface area contributed by atoms with Crippen molar-refractivity contribution in [1.29, 1.82) is 0 Å². The molecule has 1 heterocycles. The van der Waals surface area contributed by atoms with E-state index in [0.717, 1.165) is 24.2 Å². The Bertz CT molecular complexity index is 496. The Morgan fingerprint density at radius 1 is 1.47 bits per heavy atom. The van der Waals surface area contributed by atoms with Gasteiger partial charge < -0.3 is 5.32 Å². The van der Waals surface area contributed by atoms with Gasteiger partial charge in [-0.2, -0.15) is 5.10 Å². The number of hydrogen-bond acceptors (Lipinski definition) is 4. The number of nitrogens with one attached hydrogen (secondary N) is 2. The molecule has 0 saturated heterocycles. The first-order chi connectivity index (χ1) is 8.88. The van der Waals surface area contributed by atoms with Gasteiger partial charge in [-0.3, -0.25) is 4.68 Å². The summed E-state index contributed by atoms with van der Waals surface area (Å²) in [5.74, 6) is 0. The quantitative estimate of drug-likeness (QED) is 0.684. The van der Waals surface area contributed by atoms with Crippen LogP contribution < -0.4 is 10.0 Å². The van der Waals surface area contributed by atoms with Crippen LogP contribution in [0.5, 0.6) is 0 Å². The van der Waals surface area contributed by atoms with E-state index in [1.165, 1.54) is 0 Å². The van der Waals surface area contributed by atoms with Gasteiger partial charge in [-0.25, -0.2) is 13.1 Å². The lowest BCUT2D eigenvalue weighted by atomic mass is 10.3. The molecule has 0 amide bonds. The van der Waals surface area contributed by atoms with Crippen molar-refractivity contribution in [2.24, 2.45) is 7.05 Å². The lowest BCUT2D eigenvalue weighted by Crippen LogP contribution is -2.38. The predicted octanol–water partition coefficient (Wildman–Crippen LogP) is 0.536. The van der Waals surface area contributed by atoms with Crippen LogP contribution in [0.15, 0.2) is 6.20 Å². The molecule has 1 aromatic heterocycles. The molecule has 0 saturated carbocycles. The van der Waals surface area contributed by atoms with Gasteiger partial charge in [0, 0.05) is 31.4 Å². The molecule has 1 unspecified atom stereocenters. The van der Waals surface area contributed by atoms with E-state index in [-0.39, 0.29) is 0 Å². The van der Waals surface area contributed by atoms with E-state index in [4.69, 9.17) is 0 Å². The van der Waals surface area contributed by atoms with E-state index in [1.807, 2.05) is 14.0 Å². The molecule has 0 fully saturated rings. The highest BCUT2D eigenvalue weighted by Crippen LogP contribution is 2.06. The number of hydrogen-bond donors (Lipinski definition) is 2. The average Bonchev–Trinajstić information content (AvgIpc) is 2.68. The number of aromatic nitrogens is 2. The Hall–Kier alpha value is -0.920. The van der Waals surface area contributed by atoms with Crippen LogP contribution in [0.2, 0.25) is 0 Å². The molecule has 0 aromatic carbocycles. The predicted molar refractivity (Wildman–Crippen MR) is 76.3 cm³/mol. The number of aryl methyl sites for hydroxylation is 1. The summed E-state index contributed by atoms with van der Waals surface area (Å²) in [4.78, 5) is 0. The van der Waals surface area contributed by atoms with Gasteiger partial charge in [0.05, 0.1) is 11.4 Å². The summed E-state index contributed by atoms with van der Waals surface area (Å²) < 4.78 is 28.4. The summed E-state index contributed by atoms with van der Waals surface area (Å²) in [5.41, 5.74) is 1.87. The number of rotatable bonds is 8. The van der Waals surface area contributed by atoms with Crippen LogP contribution in [-0.4, -0.2) is 36.5 Å². The van der Waals surface area contributed by atoms with Crippen molar-refractivity contribution in [2.75, 3.05) is 13.1 Å². The third-order valence-corrected chi connectivity index (χ3v) is 4.96. The zero-order valence-electron chi connectivity index (χ0n) is 12.1. The van der Waals surface area contributed by atoms with Gasteiger partial charge in [0.15, 0.2) is 0 Å². The third-order valence-electron chi connectivity index (χ3n) is 3.19. The third kappa shape index (κ3) is 4.59. The Labute approximate surface area is 115 Å². The van der Waals surface area contributed by atoms with Crippen LogP contribution in [0.3, 0.4) is 0 Å². The second-order valence-corrected chi connectivity index (χ2v) is 6.94. The molecular formula is C12H24N4O2S. The molecule has 0 aliphatic heterocycles. The van der Waals surface area contributed by atoms with Gasteiger partial charge in [-0.05, 0) is 26.8 Å². The highest BCUT2D eigenvalue weighted by atomic mass is 32.2. The summed E-state index contributed by atoms with van der Waals surface area (Å²) in [7, 11) is -1.46. The number of sulfonamides is 1. The van der Waals surface area contributed by atoms with Crippen LogP contribution in [0.4, 0.5) is 0 Å². The van der Waals surface area contributed by atoms with E-state index < -0.39 is 15.3 Å². The van der Waals surface area contributed by atoms with Crippen molar-refractivity contribution >= 4 is 10.0 Å². The monoisotopic (exact) mass is 288 g/mol. The van der Waals surface area contributed by atoms with Crippen molar-refractivity contribution in [3.8, 4) is 0 Å². The topological polar surface area (TPSA) is 76.0 Å². The molecule has 2 N–H and O–H groups in total. The second-order valence-electron chi connectivity index (χ2n) is 4.76. The maximum absolute atomic E-state index is 12.0. The minimum absolute atomic E-state index is 0.292. The normalized spacial score (nSPS) is 13.7. The SMILES string of the molecule is CCCNCC(C)S(=O)(=O)NCc1cnn(C)c1C. The van der Waals surface area contributed by atoms with Gasteiger partial charge in [-0.15, -0.1) is 0 Å². The minimum Gasteiger partial charge on any atom is -0.315 e. The highest BCUT2D eigenvalue weighted by Gasteiger charge is 2.20. The van der Waals surface area contributed by atoms with Gasteiger partial charge in [0.25, 0.3) is 0 Å². The molecule has 0 aliphatic rings. The van der Waals surface area contributed by atoms with Crippen molar-refractivity contribution in [3.05, 3.63) is 17.5 Å². The first-order valence-corrected chi connectivity index (χ1v) is 8.09. The van der Waals surface area contributed by atoms with Gasteiger partial charge in [0.2, 0.25) is 10.0 Å². The summed E-state index contributed by atoms with van der Waals surface area (Å²) in [6.45, 7) is 7.27. The van der Waals surface area contributed by atoms with Crippen molar-refractivity contribution < 1.29 is 8.42 Å². The van der Waals surface area contributed by atoms with Crippen LogP contribution in [-0.2, 0) is 23.6 Å². The molecule has 19 heavy (non-hydrogen) atoms. The largest absolute Gasteiger partial charge is 0.315 e. The fourth-order valence-electron chi connectivity index (χ4n) is 1.63. The molecular weight excluding hydrogens is 264 g/mol. The molecule has 110 valence electrons. The lowest BCUT2D eigenvalue weighted by Gasteiger charge is -2.14. The summed E-state index contributed by atoms with van der Waals surface area (Å²) in [6.07, 6.45) is 2.69. The van der Waals surface area contributed by atoms with E-state index in [0.29, 0.717) is 13.1 Å². The Balaban J connectivity index is 2.53. The van der Waals surface area contributed by atoms with Crippen molar-refractivity contribution in [1.82, 2.24) is 19.8 Å². The first kappa shape index (κ1) is 16.1. The Morgan fingerprint density at radius 3 is 2.68 bits per heavy atom. The van der Waals surface area contributed by atoms with Crippen molar-refractivity contribution in [3.63, 3.8) is 0 Å². The molecule has 6 nitrogen and oxygen atoms in total. The maximum atomic E-state index is 12.0. The maximum Gasteiger partial charge on any atom is 0.215 e. The fraction of sp³-hybridized carbons (Fsp3) is 0.750. The molecule has 0 aliphatic carbocycles. The average molecular weight is 288 g/mol. The second kappa shape index (κ2) is 7.02. The molecule has 1 rings (SSSR count). The van der Waals surface area contributed by atoms with Gasteiger partial charge in [0.1, 0.15) is 0 Å². The molecule has 1 aromatic rings. The Kier molecular flexibility index (Phi) is 5.96. The van der Waals surface area contributed by atoms with E-state index >= 15 is 0 Å². The summed E-state index contributed by atoms with van der Waals surface area (Å²) >= 11 is 0. The van der Waals surface area contributed by atoms with E-state index in [1.54, 1.807) is 17.8 Å². The van der Waals surface area contributed by atoms with Crippen LogP contribution in [0.1, 0.15) is 31.5 Å². The van der Waals surface area contributed by atoms with Gasteiger partial charge >= 0.3 is 0 Å². The van der Waals surface area contributed by atoms with Crippen LogP contribution in [0, 0.1) is 6.92 Å². The molecule has 0 spiro atoms. The smallest absolute Gasteiger partial charge is 0.215 e.